The molecule has 0 atom stereocenters. The summed E-state index contributed by atoms with van der Waals surface area (Å²) in [7, 11) is 0. The first-order valence-electron chi connectivity index (χ1n) is 3.65. The summed E-state index contributed by atoms with van der Waals surface area (Å²) in [6, 6.07) is 0. The van der Waals surface area contributed by atoms with Crippen molar-refractivity contribution in [2.24, 2.45) is 0 Å². The molecule has 0 N–H and O–H groups in total. The first-order chi connectivity index (χ1) is 5.70. The highest BCUT2D eigenvalue weighted by molar-refractivity contribution is 9.09. The Kier molecular flexibility index (Phi) is 3.35. The van der Waals surface area contributed by atoms with Crippen LogP contribution < -0.4 is 0 Å². The van der Waals surface area contributed by atoms with Crippen LogP contribution in [0.2, 0.25) is 5.15 Å². The van der Waals surface area contributed by atoms with Gasteiger partial charge in [0, 0.05) is 11.9 Å². The Morgan fingerprint density at radius 1 is 1.83 bits per heavy atom. The van der Waals surface area contributed by atoms with E-state index >= 15 is 0 Å². The van der Waals surface area contributed by atoms with Crippen LogP contribution in [0.3, 0.4) is 0 Å². The lowest BCUT2D eigenvalue weighted by Crippen LogP contribution is -1.98. The van der Waals surface area contributed by atoms with E-state index in [0.29, 0.717) is 5.15 Å². The molecule has 0 radical (unpaired) electrons. The summed E-state index contributed by atoms with van der Waals surface area (Å²) >= 11 is 9.22. The molecular weight excluding hydrogens is 239 g/mol. The minimum atomic E-state index is 0.529. The van der Waals surface area contributed by atoms with E-state index in [0.717, 1.165) is 23.1 Å². The second kappa shape index (κ2) is 4.10. The Morgan fingerprint density at radius 2 is 2.50 bits per heavy atom. The van der Waals surface area contributed by atoms with Gasteiger partial charge in [0.2, 0.25) is 0 Å². The number of imidazole rings is 1. The number of halogens is 2. The Labute approximate surface area is 85.4 Å². The fourth-order valence-corrected chi connectivity index (χ4v) is 1.56. The molecule has 0 fully saturated rings. The highest BCUT2D eigenvalue weighted by Crippen LogP contribution is 2.22. The van der Waals surface area contributed by atoms with Crippen molar-refractivity contribution < 1.29 is 0 Å². The van der Waals surface area contributed by atoms with Gasteiger partial charge in [-0.3, -0.25) is 0 Å². The van der Waals surface area contributed by atoms with Crippen molar-refractivity contribution >= 4 is 33.1 Å². The van der Waals surface area contributed by atoms with Gasteiger partial charge in [0.1, 0.15) is 0 Å². The molecule has 12 heavy (non-hydrogen) atoms. The van der Waals surface area contributed by atoms with E-state index < -0.39 is 0 Å². The van der Waals surface area contributed by atoms with Gasteiger partial charge in [-0.05, 0) is 12.5 Å². The molecule has 0 spiro atoms. The van der Waals surface area contributed by atoms with Crippen LogP contribution in [0.5, 0.6) is 0 Å². The lowest BCUT2D eigenvalue weighted by Gasteiger charge is -2.05. The average Bonchev–Trinajstić information content (AvgIpc) is 2.45. The Morgan fingerprint density at radius 3 is 3.00 bits per heavy atom. The number of alkyl halides is 1. The summed E-state index contributed by atoms with van der Waals surface area (Å²) < 4.78 is 1.98. The molecule has 1 aromatic rings. The van der Waals surface area contributed by atoms with E-state index in [1.165, 1.54) is 0 Å². The van der Waals surface area contributed by atoms with E-state index in [1.54, 1.807) is 6.33 Å². The fraction of sp³-hybridized carbons (Fsp3) is 0.375. The van der Waals surface area contributed by atoms with Gasteiger partial charge >= 0.3 is 0 Å². The van der Waals surface area contributed by atoms with Gasteiger partial charge in [-0.15, -0.1) is 0 Å². The Hall–Kier alpha value is -0.280. The number of allylic oxidation sites excluding steroid dienone is 1. The van der Waals surface area contributed by atoms with E-state index in [2.05, 4.69) is 27.5 Å². The third-order valence-corrected chi connectivity index (χ3v) is 2.58. The Bertz CT molecular complexity index is 293. The third-order valence-electron chi connectivity index (χ3n) is 1.63. The third kappa shape index (κ3) is 1.72. The van der Waals surface area contributed by atoms with Gasteiger partial charge in [0.05, 0.1) is 12.0 Å². The maximum Gasteiger partial charge on any atom is 0.154 e. The molecule has 0 aromatic carbocycles. The first kappa shape index (κ1) is 9.81. The van der Waals surface area contributed by atoms with Crippen molar-refractivity contribution in [3.63, 3.8) is 0 Å². The normalized spacial score (nSPS) is 10.2. The molecule has 0 amide bonds. The molecule has 1 aromatic heterocycles. The number of rotatable bonds is 3. The van der Waals surface area contributed by atoms with E-state index in [-0.39, 0.29) is 0 Å². The van der Waals surface area contributed by atoms with E-state index in [9.17, 15) is 0 Å². The zero-order valence-corrected chi connectivity index (χ0v) is 9.19. The van der Waals surface area contributed by atoms with Crippen molar-refractivity contribution in [3.05, 3.63) is 23.8 Å². The van der Waals surface area contributed by atoms with Crippen molar-refractivity contribution in [1.82, 2.24) is 9.55 Å². The number of aryl methyl sites for hydroxylation is 1. The smallest absolute Gasteiger partial charge is 0.154 e. The highest BCUT2D eigenvalue weighted by atomic mass is 79.9. The zero-order chi connectivity index (χ0) is 9.14. The summed E-state index contributed by atoms with van der Waals surface area (Å²) in [6.07, 6.45) is 1.73. The molecule has 0 unspecified atom stereocenters. The van der Waals surface area contributed by atoms with E-state index in [4.69, 9.17) is 11.6 Å². The molecule has 0 aliphatic carbocycles. The van der Waals surface area contributed by atoms with Crippen LogP contribution >= 0.6 is 27.5 Å². The monoisotopic (exact) mass is 248 g/mol. The maximum atomic E-state index is 5.88. The average molecular weight is 250 g/mol. The first-order valence-corrected chi connectivity index (χ1v) is 5.15. The van der Waals surface area contributed by atoms with Gasteiger partial charge in [0.15, 0.2) is 5.15 Å². The van der Waals surface area contributed by atoms with Crippen LogP contribution in [0.25, 0.3) is 5.57 Å². The number of hydrogen-bond acceptors (Lipinski definition) is 1. The van der Waals surface area contributed by atoms with Crippen LogP contribution in [0.1, 0.15) is 12.6 Å². The largest absolute Gasteiger partial charge is 0.330 e. The zero-order valence-electron chi connectivity index (χ0n) is 6.85. The van der Waals surface area contributed by atoms with Crippen LogP contribution in [0, 0.1) is 0 Å². The van der Waals surface area contributed by atoms with Gasteiger partial charge in [0.25, 0.3) is 0 Å². The number of hydrogen-bond donors (Lipinski definition) is 0. The quantitative estimate of drug-likeness (QED) is 0.753. The van der Waals surface area contributed by atoms with E-state index in [1.807, 2.05) is 11.5 Å². The van der Waals surface area contributed by atoms with Gasteiger partial charge in [-0.25, -0.2) is 4.98 Å². The van der Waals surface area contributed by atoms with Crippen molar-refractivity contribution in [1.29, 1.82) is 0 Å². The molecule has 66 valence electrons. The molecule has 0 saturated heterocycles. The number of aromatic nitrogens is 2. The lowest BCUT2D eigenvalue weighted by atomic mass is 10.2. The molecule has 4 heteroatoms. The second-order valence-corrected chi connectivity index (χ2v) is 3.33. The molecule has 0 saturated carbocycles. The topological polar surface area (TPSA) is 17.8 Å². The summed E-state index contributed by atoms with van der Waals surface area (Å²) in [5.41, 5.74) is 1.88. The summed E-state index contributed by atoms with van der Waals surface area (Å²) in [4.78, 5) is 4.00. The van der Waals surface area contributed by atoms with Crippen molar-refractivity contribution in [3.8, 4) is 0 Å². The Balaban J connectivity index is 3.10. The molecule has 0 aliphatic heterocycles. The lowest BCUT2D eigenvalue weighted by molar-refractivity contribution is 0.751. The molecule has 1 heterocycles. The standard InChI is InChI=1S/C8H10BrClN2/c1-3-12-5-11-8(10)7(12)6(2)4-9/h5H,2-4H2,1H3. The predicted molar refractivity (Wildman–Crippen MR) is 55.7 cm³/mol. The predicted octanol–water partition coefficient (Wildman–Crippen LogP) is 2.96. The summed E-state index contributed by atoms with van der Waals surface area (Å²) in [5.74, 6) is 0. The summed E-state index contributed by atoms with van der Waals surface area (Å²) in [6.45, 7) is 6.80. The second-order valence-electron chi connectivity index (χ2n) is 2.41. The van der Waals surface area contributed by atoms with Crippen LogP contribution in [0.4, 0.5) is 0 Å². The SMILES string of the molecule is C=C(CBr)c1c(Cl)ncn1CC. The minimum Gasteiger partial charge on any atom is -0.330 e. The maximum absolute atomic E-state index is 5.88. The fourth-order valence-electron chi connectivity index (χ4n) is 1.01. The summed E-state index contributed by atoms with van der Waals surface area (Å²) in [5, 5.41) is 1.25. The van der Waals surface area contributed by atoms with Gasteiger partial charge < -0.3 is 4.57 Å². The minimum absolute atomic E-state index is 0.529. The van der Waals surface area contributed by atoms with Crippen LogP contribution in [-0.2, 0) is 6.54 Å². The van der Waals surface area contributed by atoms with Gasteiger partial charge in [-0.1, -0.05) is 34.1 Å². The highest BCUT2D eigenvalue weighted by Gasteiger charge is 2.09. The number of nitrogens with zero attached hydrogens (tertiary/aromatic N) is 2. The molecule has 1 rings (SSSR count). The van der Waals surface area contributed by atoms with Crippen molar-refractivity contribution in [2.45, 2.75) is 13.5 Å². The van der Waals surface area contributed by atoms with Crippen molar-refractivity contribution in [2.75, 3.05) is 5.33 Å². The van der Waals surface area contributed by atoms with Gasteiger partial charge in [-0.2, -0.15) is 0 Å². The molecule has 0 aliphatic rings. The van der Waals surface area contributed by atoms with Crippen LogP contribution in [-0.4, -0.2) is 14.9 Å². The molecule has 0 bridgehead atoms. The molecular formula is C8H10BrClN2. The van der Waals surface area contributed by atoms with Crippen LogP contribution in [0.15, 0.2) is 12.9 Å². The molecule has 2 nitrogen and oxygen atoms in total.